The van der Waals surface area contributed by atoms with Gasteiger partial charge in [0.2, 0.25) is 0 Å². The molecule has 0 atom stereocenters. The number of carbonyl (C=O) groups is 1. The molecule has 0 radical (unpaired) electrons. The molecule has 0 aromatic carbocycles. The van der Waals surface area contributed by atoms with E-state index < -0.39 is 11.4 Å². The van der Waals surface area contributed by atoms with Crippen LogP contribution in [0.1, 0.15) is 40.5 Å². The van der Waals surface area contributed by atoms with Gasteiger partial charge >= 0.3 is 5.97 Å². The minimum Gasteiger partial charge on any atom is -0.481 e. The summed E-state index contributed by atoms with van der Waals surface area (Å²) in [4.78, 5) is 13.4. The van der Waals surface area contributed by atoms with Crippen molar-refractivity contribution < 1.29 is 9.90 Å². The van der Waals surface area contributed by atoms with Crippen LogP contribution in [0, 0.1) is 17.3 Å². The number of likely N-dealkylation sites (tertiary alicyclic amines) is 1. The molecule has 112 valence electrons. The van der Waals surface area contributed by atoms with Gasteiger partial charge in [0.05, 0.1) is 5.41 Å². The molecule has 1 saturated heterocycles. The molecule has 1 rings (SSSR count). The van der Waals surface area contributed by atoms with Gasteiger partial charge in [-0.15, -0.1) is 0 Å². The minimum atomic E-state index is -0.701. The van der Waals surface area contributed by atoms with Gasteiger partial charge in [-0.05, 0) is 64.7 Å². The van der Waals surface area contributed by atoms with Crippen LogP contribution in [0.15, 0.2) is 0 Å². The first-order chi connectivity index (χ1) is 8.81. The standard InChI is InChI=1S/C15H30N2O2/c1-12(2)9-16-10-13-5-7-17(8-6-13)11-15(3,4)14(18)19/h12-13,16H,5-11H2,1-4H3,(H,18,19). The lowest BCUT2D eigenvalue weighted by Crippen LogP contribution is -2.44. The molecule has 0 bridgehead atoms. The van der Waals surface area contributed by atoms with Crippen molar-refractivity contribution in [1.82, 2.24) is 10.2 Å². The molecule has 0 aromatic rings. The Morgan fingerprint density at radius 3 is 2.42 bits per heavy atom. The van der Waals surface area contributed by atoms with E-state index in [1.807, 2.05) is 13.8 Å². The number of hydrogen-bond acceptors (Lipinski definition) is 3. The van der Waals surface area contributed by atoms with E-state index in [0.717, 1.165) is 32.1 Å². The summed E-state index contributed by atoms with van der Waals surface area (Å²) in [5, 5.41) is 12.7. The molecule has 2 N–H and O–H groups in total. The lowest BCUT2D eigenvalue weighted by Gasteiger charge is -2.35. The molecule has 1 heterocycles. The maximum absolute atomic E-state index is 11.1. The van der Waals surface area contributed by atoms with Crippen LogP contribution >= 0.6 is 0 Å². The summed E-state index contributed by atoms with van der Waals surface area (Å²) in [6, 6.07) is 0. The Labute approximate surface area is 117 Å². The molecule has 4 nitrogen and oxygen atoms in total. The van der Waals surface area contributed by atoms with E-state index in [2.05, 4.69) is 24.1 Å². The van der Waals surface area contributed by atoms with E-state index >= 15 is 0 Å². The number of carboxylic acid groups (broad SMARTS) is 1. The lowest BCUT2D eigenvalue weighted by atomic mass is 9.90. The van der Waals surface area contributed by atoms with Crippen LogP contribution in [0.4, 0.5) is 0 Å². The van der Waals surface area contributed by atoms with E-state index in [0.29, 0.717) is 12.5 Å². The highest BCUT2D eigenvalue weighted by atomic mass is 16.4. The normalized spacial score (nSPS) is 19.0. The fourth-order valence-electron chi connectivity index (χ4n) is 2.55. The highest BCUT2D eigenvalue weighted by molar-refractivity contribution is 5.73. The Morgan fingerprint density at radius 1 is 1.37 bits per heavy atom. The Balaban J connectivity index is 2.24. The molecule has 0 spiro atoms. The summed E-state index contributed by atoms with van der Waals surface area (Å²) < 4.78 is 0. The number of carboxylic acids is 1. The van der Waals surface area contributed by atoms with Gasteiger partial charge in [-0.25, -0.2) is 0 Å². The molecule has 0 amide bonds. The van der Waals surface area contributed by atoms with Gasteiger partial charge in [-0.2, -0.15) is 0 Å². The fraction of sp³-hybridized carbons (Fsp3) is 0.933. The van der Waals surface area contributed by atoms with E-state index in [1.54, 1.807) is 0 Å². The smallest absolute Gasteiger partial charge is 0.310 e. The molecule has 0 aliphatic carbocycles. The van der Waals surface area contributed by atoms with Crippen LogP contribution < -0.4 is 5.32 Å². The Morgan fingerprint density at radius 2 is 1.95 bits per heavy atom. The summed E-state index contributed by atoms with van der Waals surface area (Å²) in [6.45, 7) is 13.0. The highest BCUT2D eigenvalue weighted by Gasteiger charge is 2.31. The van der Waals surface area contributed by atoms with Crippen LogP contribution in [0.2, 0.25) is 0 Å². The molecule has 19 heavy (non-hydrogen) atoms. The van der Waals surface area contributed by atoms with Crippen molar-refractivity contribution in [3.63, 3.8) is 0 Å². The largest absolute Gasteiger partial charge is 0.481 e. The second-order valence-corrected chi connectivity index (χ2v) is 6.96. The van der Waals surface area contributed by atoms with Crippen molar-refractivity contribution >= 4 is 5.97 Å². The summed E-state index contributed by atoms with van der Waals surface area (Å²) in [7, 11) is 0. The predicted molar refractivity (Wildman–Crippen MR) is 78.3 cm³/mol. The predicted octanol–water partition coefficient (Wildman–Crippen LogP) is 2.05. The van der Waals surface area contributed by atoms with Gasteiger partial charge in [0.15, 0.2) is 0 Å². The molecule has 1 aliphatic heterocycles. The first-order valence-electron chi connectivity index (χ1n) is 7.47. The van der Waals surface area contributed by atoms with Gasteiger partial charge < -0.3 is 15.3 Å². The van der Waals surface area contributed by atoms with Crippen molar-refractivity contribution in [3.05, 3.63) is 0 Å². The molecule has 4 heteroatoms. The zero-order valence-electron chi connectivity index (χ0n) is 12.9. The topological polar surface area (TPSA) is 52.6 Å². The first-order valence-corrected chi connectivity index (χ1v) is 7.47. The van der Waals surface area contributed by atoms with E-state index in [9.17, 15) is 4.79 Å². The molecular formula is C15H30N2O2. The second-order valence-electron chi connectivity index (χ2n) is 6.96. The molecule has 0 unspecified atom stereocenters. The number of aliphatic carboxylic acids is 1. The average molecular weight is 270 g/mol. The van der Waals surface area contributed by atoms with E-state index in [-0.39, 0.29) is 0 Å². The zero-order valence-corrected chi connectivity index (χ0v) is 12.9. The maximum atomic E-state index is 11.1. The Bertz CT molecular complexity index is 282. The monoisotopic (exact) mass is 270 g/mol. The van der Waals surface area contributed by atoms with Gasteiger partial charge in [0, 0.05) is 6.54 Å². The molecule has 0 aromatic heterocycles. The summed E-state index contributed by atoms with van der Waals surface area (Å²) in [6.07, 6.45) is 2.36. The van der Waals surface area contributed by atoms with Crippen LogP contribution in [0.5, 0.6) is 0 Å². The van der Waals surface area contributed by atoms with Crippen molar-refractivity contribution in [3.8, 4) is 0 Å². The van der Waals surface area contributed by atoms with Crippen molar-refractivity contribution in [2.45, 2.75) is 40.5 Å². The van der Waals surface area contributed by atoms with Crippen LogP contribution in [0.25, 0.3) is 0 Å². The number of hydrogen-bond donors (Lipinski definition) is 2. The maximum Gasteiger partial charge on any atom is 0.310 e. The fourth-order valence-corrected chi connectivity index (χ4v) is 2.55. The Kier molecular flexibility index (Phi) is 6.27. The van der Waals surface area contributed by atoms with E-state index in [1.165, 1.54) is 12.8 Å². The van der Waals surface area contributed by atoms with Crippen molar-refractivity contribution in [2.75, 3.05) is 32.7 Å². The third kappa shape index (κ3) is 5.91. The van der Waals surface area contributed by atoms with Crippen molar-refractivity contribution in [2.24, 2.45) is 17.3 Å². The van der Waals surface area contributed by atoms with Gasteiger partial charge in [-0.3, -0.25) is 4.79 Å². The quantitative estimate of drug-likeness (QED) is 0.743. The average Bonchev–Trinajstić information content (AvgIpc) is 2.30. The first kappa shape index (κ1) is 16.4. The van der Waals surface area contributed by atoms with Crippen LogP contribution in [-0.4, -0.2) is 48.7 Å². The molecular weight excluding hydrogens is 240 g/mol. The SMILES string of the molecule is CC(C)CNCC1CCN(CC(C)(C)C(=O)O)CC1. The lowest BCUT2D eigenvalue weighted by molar-refractivity contribution is -0.148. The number of nitrogens with zero attached hydrogens (tertiary/aromatic N) is 1. The molecule has 1 aliphatic rings. The summed E-state index contributed by atoms with van der Waals surface area (Å²) in [5.41, 5.74) is -0.636. The number of rotatable bonds is 7. The molecule has 1 fully saturated rings. The highest BCUT2D eigenvalue weighted by Crippen LogP contribution is 2.22. The zero-order chi connectivity index (χ0) is 14.5. The summed E-state index contributed by atoms with van der Waals surface area (Å²) >= 11 is 0. The number of piperidine rings is 1. The Hall–Kier alpha value is -0.610. The third-order valence-corrected chi connectivity index (χ3v) is 3.89. The minimum absolute atomic E-state index is 0.636. The van der Waals surface area contributed by atoms with Crippen LogP contribution in [-0.2, 0) is 4.79 Å². The number of nitrogens with one attached hydrogen (secondary N) is 1. The van der Waals surface area contributed by atoms with Crippen LogP contribution in [0.3, 0.4) is 0 Å². The van der Waals surface area contributed by atoms with E-state index in [4.69, 9.17) is 5.11 Å². The summed E-state index contributed by atoms with van der Waals surface area (Å²) in [5.74, 6) is 0.757. The van der Waals surface area contributed by atoms with Crippen molar-refractivity contribution in [1.29, 1.82) is 0 Å². The van der Waals surface area contributed by atoms with Gasteiger partial charge in [0.1, 0.15) is 0 Å². The second kappa shape index (κ2) is 7.25. The molecule has 0 saturated carbocycles. The third-order valence-electron chi connectivity index (χ3n) is 3.89. The van der Waals surface area contributed by atoms with Gasteiger partial charge in [0.25, 0.3) is 0 Å². The van der Waals surface area contributed by atoms with Gasteiger partial charge in [-0.1, -0.05) is 13.8 Å².